The number of nitrogens with one attached hydrogen (secondary N) is 2. The molecule has 2 atom stereocenters. The van der Waals surface area contributed by atoms with Gasteiger partial charge in [0, 0.05) is 18.8 Å². The van der Waals surface area contributed by atoms with Crippen molar-refractivity contribution in [3.05, 3.63) is 131 Å². The van der Waals surface area contributed by atoms with Gasteiger partial charge in [-0.15, -0.1) is 0 Å². The topological polar surface area (TPSA) is 120 Å². The van der Waals surface area contributed by atoms with Crippen molar-refractivity contribution in [3.63, 3.8) is 0 Å². The molecular weight excluding hydrogens is 620 g/mol. The van der Waals surface area contributed by atoms with Crippen LogP contribution in [0, 0.1) is 0 Å². The molecule has 0 unspecified atom stereocenters. The molecule has 1 aliphatic rings. The van der Waals surface area contributed by atoms with Crippen LogP contribution >= 0.6 is 0 Å². The number of rotatable bonds is 13. The average Bonchev–Trinajstić information content (AvgIpc) is 3.40. The molecule has 4 aromatic carbocycles. The van der Waals surface area contributed by atoms with E-state index in [0.29, 0.717) is 6.42 Å². The Morgan fingerprint density at radius 1 is 0.673 bits per heavy atom. The van der Waals surface area contributed by atoms with E-state index in [4.69, 9.17) is 14.2 Å². The highest BCUT2D eigenvalue weighted by atomic mass is 16.6. The Morgan fingerprint density at radius 3 is 1.82 bits per heavy atom. The molecule has 5 rings (SSSR count). The molecule has 2 amide bonds. The zero-order valence-electron chi connectivity index (χ0n) is 28.0. The summed E-state index contributed by atoms with van der Waals surface area (Å²) in [7, 11) is 0. The number of amides is 2. The van der Waals surface area contributed by atoms with Crippen molar-refractivity contribution in [2.45, 2.75) is 63.6 Å². The molecular formula is C40H42N2O7. The third-order valence-corrected chi connectivity index (χ3v) is 8.11. The predicted molar refractivity (Wildman–Crippen MR) is 186 cm³/mol. The Bertz CT molecular complexity index is 1710. The summed E-state index contributed by atoms with van der Waals surface area (Å²) in [6, 6.07) is 32.2. The van der Waals surface area contributed by atoms with Gasteiger partial charge in [0.1, 0.15) is 24.3 Å². The van der Waals surface area contributed by atoms with Crippen LogP contribution in [0.15, 0.2) is 109 Å². The van der Waals surface area contributed by atoms with Crippen molar-refractivity contribution in [1.82, 2.24) is 10.6 Å². The number of benzene rings is 4. The van der Waals surface area contributed by atoms with Gasteiger partial charge in [-0.2, -0.15) is 0 Å². The fourth-order valence-corrected chi connectivity index (χ4v) is 5.83. The van der Waals surface area contributed by atoms with Gasteiger partial charge in [0.2, 0.25) is 5.91 Å². The molecule has 0 saturated heterocycles. The number of ether oxygens (including phenoxy) is 3. The molecule has 0 aromatic heterocycles. The summed E-state index contributed by atoms with van der Waals surface area (Å²) in [6.45, 7) is 5.25. The van der Waals surface area contributed by atoms with Gasteiger partial charge in [-0.1, -0.05) is 109 Å². The molecule has 254 valence electrons. The van der Waals surface area contributed by atoms with E-state index in [2.05, 4.69) is 22.8 Å². The molecule has 0 radical (unpaired) electrons. The number of carbonyl (C=O) groups excluding carboxylic acids is 4. The number of alkyl carbamates (subject to hydrolysis) is 1. The van der Waals surface area contributed by atoms with Crippen LogP contribution in [-0.2, 0) is 41.4 Å². The van der Waals surface area contributed by atoms with Crippen LogP contribution in [0.2, 0.25) is 0 Å². The van der Waals surface area contributed by atoms with Crippen LogP contribution in [0.4, 0.5) is 4.79 Å². The Balaban J connectivity index is 1.27. The molecule has 9 nitrogen and oxygen atoms in total. The van der Waals surface area contributed by atoms with Crippen LogP contribution in [-0.4, -0.2) is 54.8 Å². The Labute approximate surface area is 287 Å². The van der Waals surface area contributed by atoms with E-state index in [1.54, 1.807) is 20.8 Å². The fourth-order valence-electron chi connectivity index (χ4n) is 5.83. The maximum atomic E-state index is 13.8. The summed E-state index contributed by atoms with van der Waals surface area (Å²) in [5, 5.41) is 5.34. The zero-order chi connectivity index (χ0) is 34.8. The fraction of sp³-hybridized carbons (Fsp3) is 0.300. The number of carbonyl (C=O) groups is 4. The van der Waals surface area contributed by atoms with Crippen LogP contribution in [0.1, 0.15) is 55.4 Å². The van der Waals surface area contributed by atoms with Crippen molar-refractivity contribution in [2.75, 3.05) is 13.2 Å². The van der Waals surface area contributed by atoms with Crippen molar-refractivity contribution >= 4 is 23.9 Å². The van der Waals surface area contributed by atoms with Crippen molar-refractivity contribution < 1.29 is 33.4 Å². The first kappa shape index (κ1) is 34.9. The molecule has 0 heterocycles. The van der Waals surface area contributed by atoms with Crippen molar-refractivity contribution in [1.29, 1.82) is 0 Å². The van der Waals surface area contributed by atoms with E-state index in [9.17, 15) is 19.2 Å². The van der Waals surface area contributed by atoms with E-state index in [-0.39, 0.29) is 25.6 Å². The number of fused-ring (bicyclic) bond motifs is 3. The Hall–Kier alpha value is -5.44. The third kappa shape index (κ3) is 9.79. The molecule has 4 aromatic rings. The maximum Gasteiger partial charge on any atom is 0.407 e. The minimum absolute atomic E-state index is 0.0644. The second-order valence-corrected chi connectivity index (χ2v) is 13.0. The summed E-state index contributed by atoms with van der Waals surface area (Å²) < 4.78 is 16.7. The maximum absolute atomic E-state index is 13.8. The van der Waals surface area contributed by atoms with Gasteiger partial charge in [0.25, 0.3) is 0 Å². The van der Waals surface area contributed by atoms with Gasteiger partial charge in [-0.05, 0) is 54.2 Å². The van der Waals surface area contributed by atoms with Gasteiger partial charge < -0.3 is 24.8 Å². The molecule has 9 heteroatoms. The summed E-state index contributed by atoms with van der Waals surface area (Å²) in [5.41, 5.74) is 5.21. The first-order chi connectivity index (χ1) is 23.6. The lowest BCUT2D eigenvalue weighted by Gasteiger charge is -2.26. The van der Waals surface area contributed by atoms with Crippen LogP contribution in [0.5, 0.6) is 0 Å². The smallest absolute Gasteiger partial charge is 0.407 e. The lowest BCUT2D eigenvalue weighted by atomic mass is 9.98. The molecule has 0 saturated carbocycles. The molecule has 0 bridgehead atoms. The third-order valence-electron chi connectivity index (χ3n) is 8.11. The molecule has 0 spiro atoms. The zero-order valence-corrected chi connectivity index (χ0v) is 28.0. The first-order valence-corrected chi connectivity index (χ1v) is 16.5. The van der Waals surface area contributed by atoms with Gasteiger partial charge in [0.05, 0.1) is 13.0 Å². The first-order valence-electron chi connectivity index (χ1n) is 16.5. The summed E-state index contributed by atoms with van der Waals surface area (Å²) >= 11 is 0. The van der Waals surface area contributed by atoms with Crippen LogP contribution in [0.3, 0.4) is 0 Å². The summed E-state index contributed by atoms with van der Waals surface area (Å²) in [4.78, 5) is 53.1. The summed E-state index contributed by atoms with van der Waals surface area (Å²) in [6.07, 6.45) is -0.621. The van der Waals surface area contributed by atoms with Crippen LogP contribution < -0.4 is 10.6 Å². The Morgan fingerprint density at radius 2 is 1.22 bits per heavy atom. The largest absolute Gasteiger partial charge is 0.465 e. The Kier molecular flexibility index (Phi) is 11.5. The normalized spacial score (nSPS) is 13.3. The van der Waals surface area contributed by atoms with Crippen LogP contribution in [0.25, 0.3) is 11.1 Å². The second-order valence-electron chi connectivity index (χ2n) is 13.0. The van der Waals surface area contributed by atoms with Gasteiger partial charge in [0.15, 0.2) is 0 Å². The molecule has 49 heavy (non-hydrogen) atoms. The lowest BCUT2D eigenvalue weighted by molar-refractivity contribution is -0.162. The highest BCUT2D eigenvalue weighted by molar-refractivity contribution is 5.92. The number of hydrogen-bond donors (Lipinski definition) is 2. The average molecular weight is 663 g/mol. The van der Waals surface area contributed by atoms with Crippen molar-refractivity contribution in [2.24, 2.45) is 0 Å². The molecule has 0 fully saturated rings. The van der Waals surface area contributed by atoms with Gasteiger partial charge >= 0.3 is 18.0 Å². The lowest BCUT2D eigenvalue weighted by Crippen LogP contribution is -2.54. The van der Waals surface area contributed by atoms with E-state index in [1.165, 1.54) is 0 Å². The standard InChI is InChI=1S/C40H42N2O7/c1-40(2,3)49-38(45)35(25-36(43)47-23-22-27-14-6-4-7-15-27)41-37(44)34(24-28-16-8-5-9-17-28)42-39(46)48-26-33-31-20-12-10-18-29(31)30-19-11-13-21-32(30)33/h4-21,33-35H,22-26H2,1-3H3,(H,41,44)(H,42,46)/t34-,35-/m0/s1. The SMILES string of the molecule is CC(C)(C)OC(=O)[C@H](CC(=O)OCCc1ccccc1)NC(=O)[C@H](Cc1ccccc1)NC(=O)OCC1c2ccccc2-c2ccccc21. The highest BCUT2D eigenvalue weighted by Gasteiger charge is 2.33. The predicted octanol–water partition coefficient (Wildman–Crippen LogP) is 6.14. The second kappa shape index (κ2) is 16.1. The molecule has 2 N–H and O–H groups in total. The molecule has 1 aliphatic carbocycles. The minimum Gasteiger partial charge on any atom is -0.465 e. The number of esters is 2. The molecule has 0 aliphatic heterocycles. The van der Waals surface area contributed by atoms with Gasteiger partial charge in [-0.3, -0.25) is 9.59 Å². The monoisotopic (exact) mass is 662 g/mol. The summed E-state index contributed by atoms with van der Waals surface area (Å²) in [5.74, 6) is -2.30. The number of hydrogen-bond acceptors (Lipinski definition) is 7. The van der Waals surface area contributed by atoms with Crippen molar-refractivity contribution in [3.8, 4) is 11.1 Å². The van der Waals surface area contributed by atoms with E-state index >= 15 is 0 Å². The van der Waals surface area contributed by atoms with E-state index in [0.717, 1.165) is 33.4 Å². The highest BCUT2D eigenvalue weighted by Crippen LogP contribution is 2.44. The van der Waals surface area contributed by atoms with E-state index in [1.807, 2.05) is 97.1 Å². The van der Waals surface area contributed by atoms with E-state index < -0.39 is 48.0 Å². The quantitative estimate of drug-likeness (QED) is 0.130. The minimum atomic E-state index is -1.35. The van der Waals surface area contributed by atoms with Gasteiger partial charge in [-0.25, -0.2) is 9.59 Å².